The number of anilines is 1. The summed E-state index contributed by atoms with van der Waals surface area (Å²) in [6.45, 7) is 6.22. The zero-order chi connectivity index (χ0) is 31.4. The van der Waals surface area contributed by atoms with E-state index in [1.54, 1.807) is 26.2 Å². The number of rotatable bonds is 16. The van der Waals surface area contributed by atoms with Crippen LogP contribution < -0.4 is 19.5 Å². The highest BCUT2D eigenvalue weighted by molar-refractivity contribution is 7.92. The molecule has 0 saturated heterocycles. The van der Waals surface area contributed by atoms with Gasteiger partial charge in [-0.3, -0.25) is 14.3 Å². The van der Waals surface area contributed by atoms with Gasteiger partial charge in [-0.15, -0.1) is 0 Å². The Morgan fingerprint density at radius 2 is 1.53 bits per heavy atom. The highest BCUT2D eigenvalue weighted by Crippen LogP contribution is 2.20. The van der Waals surface area contributed by atoms with Crippen LogP contribution in [0.1, 0.15) is 32.8 Å². The maximum absolute atomic E-state index is 13.3. The van der Waals surface area contributed by atoms with E-state index in [0.717, 1.165) is 17.7 Å². The number of methoxy groups -OCH3 is 1. The Hall–Kier alpha value is -4.16. The molecule has 12 heteroatoms. The van der Waals surface area contributed by atoms with Crippen molar-refractivity contribution in [1.29, 1.82) is 0 Å². The van der Waals surface area contributed by atoms with Gasteiger partial charge in [-0.1, -0.05) is 12.1 Å². The second-order valence-corrected chi connectivity index (χ2v) is 11.7. The lowest BCUT2D eigenvalue weighted by atomic mass is 10.1. The summed E-state index contributed by atoms with van der Waals surface area (Å²) >= 11 is 0. The molecule has 1 atom stereocenters. The monoisotopic (exact) mass is 615 g/mol. The van der Waals surface area contributed by atoms with Crippen molar-refractivity contribution < 1.29 is 36.6 Å². The van der Waals surface area contributed by atoms with Crippen LogP contribution in [0.2, 0.25) is 0 Å². The number of nitrogens with one attached hydrogen (secondary N) is 2. The zero-order valence-corrected chi connectivity index (χ0v) is 25.5. The highest BCUT2D eigenvalue weighted by atomic mass is 32.2. The van der Waals surface area contributed by atoms with Gasteiger partial charge in [-0.2, -0.15) is 0 Å². The van der Waals surface area contributed by atoms with Gasteiger partial charge in [0.05, 0.1) is 18.1 Å². The lowest BCUT2D eigenvalue weighted by Crippen LogP contribution is -2.49. The molecule has 0 fully saturated rings. The lowest BCUT2D eigenvalue weighted by Gasteiger charge is -2.29. The fraction of sp³-hybridized carbons (Fsp3) is 0.355. The Labute approximate surface area is 252 Å². The van der Waals surface area contributed by atoms with E-state index in [-0.39, 0.29) is 41.5 Å². The smallest absolute Gasteiger partial charge is 0.261 e. The van der Waals surface area contributed by atoms with E-state index in [9.17, 15) is 22.4 Å². The van der Waals surface area contributed by atoms with Gasteiger partial charge in [-0.25, -0.2) is 12.8 Å². The van der Waals surface area contributed by atoms with Crippen molar-refractivity contribution >= 4 is 27.5 Å². The van der Waals surface area contributed by atoms with Crippen molar-refractivity contribution in [2.24, 2.45) is 0 Å². The number of benzene rings is 3. The van der Waals surface area contributed by atoms with Crippen LogP contribution >= 0.6 is 0 Å². The number of carbonyl (C=O) groups excluding carboxylic acids is 2. The van der Waals surface area contributed by atoms with Crippen LogP contribution in [-0.2, 0) is 30.9 Å². The second kappa shape index (κ2) is 15.9. The summed E-state index contributed by atoms with van der Waals surface area (Å²) in [5, 5.41) is 2.85. The number of nitrogens with zero attached hydrogens (tertiary/aromatic N) is 1. The molecule has 2 amide bonds. The van der Waals surface area contributed by atoms with E-state index in [1.165, 1.54) is 41.3 Å². The molecule has 43 heavy (non-hydrogen) atoms. The Morgan fingerprint density at radius 3 is 2.14 bits per heavy atom. The Morgan fingerprint density at radius 1 is 0.907 bits per heavy atom. The SMILES string of the molecule is COc1ccc(CN(C(=O)COc2ccc(S(=O)(=O)Nc3ccc(F)cc3)cc2)[C@H](C)C(=O)NCCCOC(C)C)cc1. The molecule has 0 aliphatic rings. The molecule has 0 aromatic heterocycles. The van der Waals surface area contributed by atoms with Gasteiger partial charge in [0.1, 0.15) is 23.4 Å². The number of hydrogen-bond donors (Lipinski definition) is 2. The van der Waals surface area contributed by atoms with E-state index in [0.29, 0.717) is 25.3 Å². The number of ether oxygens (including phenoxy) is 3. The summed E-state index contributed by atoms with van der Waals surface area (Å²) < 4.78 is 57.3. The minimum atomic E-state index is -3.93. The first-order valence-corrected chi connectivity index (χ1v) is 15.3. The third kappa shape index (κ3) is 10.6. The van der Waals surface area contributed by atoms with Crippen LogP contribution in [-0.4, -0.2) is 64.1 Å². The lowest BCUT2D eigenvalue weighted by molar-refractivity contribution is -0.142. The van der Waals surface area contributed by atoms with Crippen molar-refractivity contribution in [3.8, 4) is 11.5 Å². The molecule has 0 spiro atoms. The predicted molar refractivity (Wildman–Crippen MR) is 161 cm³/mol. The van der Waals surface area contributed by atoms with Gasteiger partial charge in [-0.05, 0) is 93.4 Å². The van der Waals surface area contributed by atoms with Crippen molar-refractivity contribution in [1.82, 2.24) is 10.2 Å². The van der Waals surface area contributed by atoms with Crippen LogP contribution in [0.15, 0.2) is 77.7 Å². The van der Waals surface area contributed by atoms with Gasteiger partial charge in [0.15, 0.2) is 6.61 Å². The molecule has 3 rings (SSSR count). The van der Waals surface area contributed by atoms with E-state index < -0.39 is 27.8 Å². The minimum Gasteiger partial charge on any atom is -0.497 e. The van der Waals surface area contributed by atoms with Gasteiger partial charge in [0.25, 0.3) is 15.9 Å². The number of halogens is 1. The standard InChI is InChI=1S/C31H38FN3O7S/c1-22(2)41-19-5-18-33-31(37)23(3)35(20-24-6-12-27(40-4)13-7-24)30(36)21-42-28-14-16-29(17-15-28)43(38,39)34-26-10-8-25(32)9-11-26/h6-17,22-23,34H,5,18-21H2,1-4H3,(H,33,37)/t23-/m1/s1. The summed E-state index contributed by atoms with van der Waals surface area (Å²) in [7, 11) is -2.37. The molecule has 0 aliphatic carbocycles. The summed E-state index contributed by atoms with van der Waals surface area (Å²) in [5.41, 5.74) is 1.01. The second-order valence-electron chi connectivity index (χ2n) is 9.98. The molecule has 3 aromatic carbocycles. The van der Waals surface area contributed by atoms with Crippen molar-refractivity contribution in [3.63, 3.8) is 0 Å². The first-order chi connectivity index (χ1) is 20.5. The quantitative estimate of drug-likeness (QED) is 0.230. The first-order valence-electron chi connectivity index (χ1n) is 13.8. The third-order valence-electron chi connectivity index (χ3n) is 6.34. The number of sulfonamides is 1. The van der Waals surface area contributed by atoms with Crippen molar-refractivity contribution in [2.75, 3.05) is 31.6 Å². The summed E-state index contributed by atoms with van der Waals surface area (Å²) in [6.07, 6.45) is 0.739. The Bertz CT molecular complexity index is 1430. The fourth-order valence-electron chi connectivity index (χ4n) is 3.94. The predicted octanol–water partition coefficient (Wildman–Crippen LogP) is 4.36. The number of amides is 2. The van der Waals surface area contributed by atoms with Crippen LogP contribution in [0.3, 0.4) is 0 Å². The highest BCUT2D eigenvalue weighted by Gasteiger charge is 2.26. The zero-order valence-electron chi connectivity index (χ0n) is 24.7. The first kappa shape index (κ1) is 33.3. The molecule has 10 nitrogen and oxygen atoms in total. The van der Waals surface area contributed by atoms with Crippen LogP contribution in [0.4, 0.5) is 10.1 Å². The normalized spacial score (nSPS) is 12.0. The molecule has 0 aliphatic heterocycles. The number of hydrogen-bond acceptors (Lipinski definition) is 7. The fourth-order valence-corrected chi connectivity index (χ4v) is 4.99. The number of carbonyl (C=O) groups is 2. The molecule has 0 bridgehead atoms. The van der Waals surface area contributed by atoms with E-state index in [4.69, 9.17) is 14.2 Å². The van der Waals surface area contributed by atoms with Gasteiger partial charge in [0.2, 0.25) is 5.91 Å². The molecular weight excluding hydrogens is 577 g/mol. The maximum atomic E-state index is 13.3. The van der Waals surface area contributed by atoms with Gasteiger partial charge in [0, 0.05) is 25.4 Å². The van der Waals surface area contributed by atoms with Crippen LogP contribution in [0.5, 0.6) is 11.5 Å². The molecule has 0 saturated carbocycles. The summed E-state index contributed by atoms with van der Waals surface area (Å²) in [6, 6.07) is 16.8. The van der Waals surface area contributed by atoms with Gasteiger partial charge < -0.3 is 24.4 Å². The molecule has 0 radical (unpaired) electrons. The maximum Gasteiger partial charge on any atom is 0.261 e. The Balaban J connectivity index is 1.65. The largest absolute Gasteiger partial charge is 0.497 e. The molecule has 232 valence electrons. The molecular formula is C31H38FN3O7S. The summed E-state index contributed by atoms with van der Waals surface area (Å²) in [5.74, 6) is -0.298. The Kier molecular flexibility index (Phi) is 12.3. The average Bonchev–Trinajstić information content (AvgIpc) is 2.99. The van der Waals surface area contributed by atoms with E-state index >= 15 is 0 Å². The van der Waals surface area contributed by atoms with Crippen molar-refractivity contribution in [3.05, 3.63) is 84.2 Å². The minimum absolute atomic E-state index is 0.0410. The molecule has 0 unspecified atom stereocenters. The van der Waals surface area contributed by atoms with Crippen molar-refractivity contribution in [2.45, 2.75) is 50.8 Å². The van der Waals surface area contributed by atoms with Crippen LogP contribution in [0, 0.1) is 5.82 Å². The van der Waals surface area contributed by atoms with Crippen LogP contribution in [0.25, 0.3) is 0 Å². The van der Waals surface area contributed by atoms with E-state index in [1.807, 2.05) is 26.0 Å². The van der Waals surface area contributed by atoms with Gasteiger partial charge >= 0.3 is 0 Å². The molecule has 2 N–H and O–H groups in total. The summed E-state index contributed by atoms with van der Waals surface area (Å²) in [4.78, 5) is 27.7. The average molecular weight is 616 g/mol. The topological polar surface area (TPSA) is 123 Å². The third-order valence-corrected chi connectivity index (χ3v) is 7.74. The molecule has 0 heterocycles. The van der Waals surface area contributed by atoms with E-state index in [2.05, 4.69) is 10.0 Å². The molecule has 3 aromatic rings.